The molecule has 0 radical (unpaired) electrons. The highest BCUT2D eigenvalue weighted by Crippen LogP contribution is 2.32. The molecule has 0 bridgehead atoms. The first kappa shape index (κ1) is 16.3. The summed E-state index contributed by atoms with van der Waals surface area (Å²) in [5.74, 6) is 0.777. The number of thiazole rings is 1. The summed E-state index contributed by atoms with van der Waals surface area (Å²) >= 11 is 1.46. The third-order valence-corrected chi connectivity index (χ3v) is 4.58. The molecule has 0 atom stereocenters. The molecule has 2 N–H and O–H groups in total. The second-order valence-corrected chi connectivity index (χ2v) is 6.37. The highest BCUT2D eigenvalue weighted by Gasteiger charge is 2.10. The predicted molar refractivity (Wildman–Crippen MR) is 97.8 cm³/mol. The number of urea groups is 1. The Morgan fingerprint density at radius 1 is 1.25 bits per heavy atom. The van der Waals surface area contributed by atoms with Crippen molar-refractivity contribution < 1.29 is 9.53 Å². The number of fused-ring (bicyclic) bond motifs is 1. The van der Waals surface area contributed by atoms with E-state index in [1.54, 1.807) is 0 Å². The molecule has 124 valence electrons. The summed E-state index contributed by atoms with van der Waals surface area (Å²) in [7, 11) is 0. The second-order valence-electron chi connectivity index (χ2n) is 5.37. The number of hydrogen-bond acceptors (Lipinski definition) is 4. The fraction of sp³-hybridized carbons (Fsp3) is 0.222. The summed E-state index contributed by atoms with van der Waals surface area (Å²) in [6, 6.07) is 13.7. The fourth-order valence-corrected chi connectivity index (χ4v) is 3.26. The van der Waals surface area contributed by atoms with Gasteiger partial charge in [0.05, 0.1) is 10.2 Å². The lowest BCUT2D eigenvalue weighted by molar-refractivity contribution is 0.252. The standard InChI is InChI=1S/C18H19N3O2S/c1-3-19-17(22)21-18-20-15-10-14(9-12(2)16(15)24-18)23-11-13-7-5-4-6-8-13/h4-10H,3,11H2,1-2H3,(H2,19,20,21,22). The number of aryl methyl sites for hydroxylation is 1. The zero-order valence-corrected chi connectivity index (χ0v) is 14.4. The van der Waals surface area contributed by atoms with Crippen molar-refractivity contribution in [3.05, 3.63) is 53.6 Å². The Labute approximate surface area is 144 Å². The highest BCUT2D eigenvalue weighted by atomic mass is 32.1. The number of benzene rings is 2. The first-order valence-corrected chi connectivity index (χ1v) is 8.60. The van der Waals surface area contributed by atoms with Gasteiger partial charge in [-0.3, -0.25) is 5.32 Å². The molecular weight excluding hydrogens is 322 g/mol. The van der Waals surface area contributed by atoms with E-state index in [4.69, 9.17) is 4.74 Å². The molecule has 0 aliphatic carbocycles. The fourth-order valence-electron chi connectivity index (χ4n) is 2.35. The van der Waals surface area contributed by atoms with Gasteiger partial charge in [-0.15, -0.1) is 0 Å². The molecule has 0 aliphatic heterocycles. The number of nitrogens with one attached hydrogen (secondary N) is 2. The van der Waals surface area contributed by atoms with Gasteiger partial charge in [-0.25, -0.2) is 9.78 Å². The van der Waals surface area contributed by atoms with Gasteiger partial charge in [-0.1, -0.05) is 41.7 Å². The Morgan fingerprint density at radius 2 is 2.04 bits per heavy atom. The second kappa shape index (κ2) is 7.31. The number of rotatable bonds is 5. The number of ether oxygens (including phenoxy) is 1. The highest BCUT2D eigenvalue weighted by molar-refractivity contribution is 7.22. The lowest BCUT2D eigenvalue weighted by atomic mass is 10.2. The van der Waals surface area contributed by atoms with E-state index >= 15 is 0 Å². The van der Waals surface area contributed by atoms with Crippen molar-refractivity contribution in [2.45, 2.75) is 20.5 Å². The number of carbonyl (C=O) groups excluding carboxylic acids is 1. The number of aromatic nitrogens is 1. The summed E-state index contributed by atoms with van der Waals surface area (Å²) < 4.78 is 6.92. The molecule has 0 unspecified atom stereocenters. The van der Waals surface area contributed by atoms with Crippen LogP contribution in [-0.4, -0.2) is 17.6 Å². The third-order valence-electron chi connectivity index (χ3n) is 3.46. The van der Waals surface area contributed by atoms with Crippen molar-refractivity contribution in [1.29, 1.82) is 0 Å². The van der Waals surface area contributed by atoms with E-state index in [0.717, 1.165) is 27.1 Å². The Bertz CT molecular complexity index is 846. The summed E-state index contributed by atoms with van der Waals surface area (Å²) in [5.41, 5.74) is 3.03. The molecule has 3 rings (SSSR count). The molecule has 0 saturated heterocycles. The van der Waals surface area contributed by atoms with Crippen LogP contribution < -0.4 is 15.4 Å². The molecule has 1 aromatic heterocycles. The van der Waals surface area contributed by atoms with Crippen molar-refractivity contribution in [1.82, 2.24) is 10.3 Å². The Morgan fingerprint density at radius 3 is 2.79 bits per heavy atom. The zero-order chi connectivity index (χ0) is 16.9. The van der Waals surface area contributed by atoms with Gasteiger partial charge in [0.2, 0.25) is 0 Å². The van der Waals surface area contributed by atoms with E-state index in [1.165, 1.54) is 11.3 Å². The van der Waals surface area contributed by atoms with Crippen molar-refractivity contribution in [3.8, 4) is 5.75 Å². The van der Waals surface area contributed by atoms with E-state index in [-0.39, 0.29) is 6.03 Å². The third kappa shape index (κ3) is 3.83. The van der Waals surface area contributed by atoms with E-state index in [1.807, 2.05) is 56.3 Å². The molecule has 1 heterocycles. The zero-order valence-electron chi connectivity index (χ0n) is 13.6. The van der Waals surface area contributed by atoms with Crippen LogP contribution in [0, 0.1) is 6.92 Å². The molecule has 24 heavy (non-hydrogen) atoms. The molecule has 0 fully saturated rings. The maximum Gasteiger partial charge on any atom is 0.321 e. The number of carbonyl (C=O) groups is 1. The van der Waals surface area contributed by atoms with Gasteiger partial charge in [0, 0.05) is 12.6 Å². The van der Waals surface area contributed by atoms with Crippen LogP contribution in [0.25, 0.3) is 10.2 Å². The van der Waals surface area contributed by atoms with Crippen molar-refractivity contribution in [3.63, 3.8) is 0 Å². The number of anilines is 1. The average Bonchev–Trinajstić information content (AvgIpc) is 2.97. The van der Waals surface area contributed by atoms with Crippen molar-refractivity contribution >= 4 is 32.7 Å². The van der Waals surface area contributed by atoms with Crippen LogP contribution in [0.3, 0.4) is 0 Å². The minimum atomic E-state index is -0.241. The lowest BCUT2D eigenvalue weighted by Gasteiger charge is -2.07. The van der Waals surface area contributed by atoms with Crippen LogP contribution in [0.5, 0.6) is 5.75 Å². The number of hydrogen-bond donors (Lipinski definition) is 2. The molecule has 0 spiro atoms. The van der Waals surface area contributed by atoms with Crippen LogP contribution in [-0.2, 0) is 6.61 Å². The predicted octanol–water partition coefficient (Wildman–Crippen LogP) is 4.33. The van der Waals surface area contributed by atoms with Crippen LogP contribution in [0.2, 0.25) is 0 Å². The molecule has 0 aliphatic rings. The minimum Gasteiger partial charge on any atom is -0.489 e. The van der Waals surface area contributed by atoms with Crippen molar-refractivity contribution in [2.24, 2.45) is 0 Å². The van der Waals surface area contributed by atoms with Crippen molar-refractivity contribution in [2.75, 3.05) is 11.9 Å². The van der Waals surface area contributed by atoms with Gasteiger partial charge in [0.15, 0.2) is 5.13 Å². The molecule has 3 aromatic rings. The first-order chi connectivity index (χ1) is 11.7. The van der Waals surface area contributed by atoms with E-state index < -0.39 is 0 Å². The molecule has 2 aromatic carbocycles. The summed E-state index contributed by atoms with van der Waals surface area (Å²) in [5, 5.41) is 6.03. The van der Waals surface area contributed by atoms with Gasteiger partial charge in [-0.2, -0.15) is 0 Å². The molecule has 2 amide bonds. The maximum atomic E-state index is 11.6. The quantitative estimate of drug-likeness (QED) is 0.726. The normalized spacial score (nSPS) is 10.6. The molecular formula is C18H19N3O2S. The summed E-state index contributed by atoms with van der Waals surface area (Å²) in [6.07, 6.45) is 0. The van der Waals surface area contributed by atoms with Gasteiger partial charge in [0.1, 0.15) is 12.4 Å². The Kier molecular flexibility index (Phi) is 4.96. The van der Waals surface area contributed by atoms with E-state index in [0.29, 0.717) is 18.3 Å². The van der Waals surface area contributed by atoms with Crippen LogP contribution in [0.1, 0.15) is 18.1 Å². The lowest BCUT2D eigenvalue weighted by Crippen LogP contribution is -2.28. The number of nitrogens with zero attached hydrogens (tertiary/aromatic N) is 1. The molecule has 0 saturated carbocycles. The topological polar surface area (TPSA) is 63.2 Å². The molecule has 6 heteroatoms. The first-order valence-electron chi connectivity index (χ1n) is 7.78. The SMILES string of the molecule is CCNC(=O)Nc1nc2cc(OCc3ccccc3)cc(C)c2s1. The molecule has 5 nitrogen and oxygen atoms in total. The Balaban J connectivity index is 1.77. The monoisotopic (exact) mass is 341 g/mol. The maximum absolute atomic E-state index is 11.6. The number of amides is 2. The van der Waals surface area contributed by atoms with E-state index in [2.05, 4.69) is 15.6 Å². The summed E-state index contributed by atoms with van der Waals surface area (Å²) in [6.45, 7) is 4.98. The Hall–Kier alpha value is -2.60. The van der Waals surface area contributed by atoms with Crippen LogP contribution in [0.15, 0.2) is 42.5 Å². The van der Waals surface area contributed by atoms with Gasteiger partial charge in [0.25, 0.3) is 0 Å². The van der Waals surface area contributed by atoms with Crippen LogP contribution in [0.4, 0.5) is 9.93 Å². The van der Waals surface area contributed by atoms with E-state index in [9.17, 15) is 4.79 Å². The summed E-state index contributed by atoms with van der Waals surface area (Å²) in [4.78, 5) is 16.1. The van der Waals surface area contributed by atoms with Gasteiger partial charge in [-0.05, 0) is 31.0 Å². The van der Waals surface area contributed by atoms with Crippen LogP contribution >= 0.6 is 11.3 Å². The smallest absolute Gasteiger partial charge is 0.321 e. The van der Waals surface area contributed by atoms with Gasteiger partial charge < -0.3 is 10.1 Å². The largest absolute Gasteiger partial charge is 0.489 e. The average molecular weight is 341 g/mol. The van der Waals surface area contributed by atoms with Gasteiger partial charge >= 0.3 is 6.03 Å². The minimum absolute atomic E-state index is 0.241.